The van der Waals surface area contributed by atoms with Gasteiger partial charge >= 0.3 is 0 Å². The van der Waals surface area contributed by atoms with Gasteiger partial charge in [0.2, 0.25) is 0 Å². The Morgan fingerprint density at radius 3 is 2.50 bits per heavy atom. The van der Waals surface area contributed by atoms with Crippen LogP contribution in [0.1, 0.15) is 29.8 Å². The number of hydrogen-bond acceptors (Lipinski definition) is 5. The molecule has 0 aliphatic carbocycles. The van der Waals surface area contributed by atoms with Gasteiger partial charge in [0.1, 0.15) is 11.3 Å². The molecular weight excluding hydrogens is 310 g/mol. The summed E-state index contributed by atoms with van der Waals surface area (Å²) >= 11 is 0. The normalized spacial score (nSPS) is 11.0. The van der Waals surface area contributed by atoms with Gasteiger partial charge in [0.25, 0.3) is 11.6 Å². The molecule has 2 aromatic rings. The summed E-state index contributed by atoms with van der Waals surface area (Å²) in [4.78, 5) is 22.5. The second kappa shape index (κ2) is 7.87. The van der Waals surface area contributed by atoms with E-state index in [1.807, 2.05) is 31.2 Å². The van der Waals surface area contributed by atoms with Crippen LogP contribution in [0.2, 0.25) is 0 Å². The third kappa shape index (κ3) is 4.16. The van der Waals surface area contributed by atoms with E-state index in [2.05, 4.69) is 10.5 Å². The largest absolute Gasteiger partial charge is 0.494 e. The zero-order valence-electron chi connectivity index (χ0n) is 13.4. The molecule has 1 N–H and O–H groups in total. The van der Waals surface area contributed by atoms with Crippen molar-refractivity contribution in [3.63, 3.8) is 0 Å². The fourth-order valence-electron chi connectivity index (χ4n) is 2.04. The van der Waals surface area contributed by atoms with Gasteiger partial charge in [-0.2, -0.15) is 5.10 Å². The molecule has 2 rings (SSSR count). The molecule has 7 nitrogen and oxygen atoms in total. The van der Waals surface area contributed by atoms with E-state index < -0.39 is 10.8 Å². The van der Waals surface area contributed by atoms with Crippen LogP contribution >= 0.6 is 0 Å². The van der Waals surface area contributed by atoms with Gasteiger partial charge in [-0.15, -0.1) is 0 Å². The lowest BCUT2D eigenvalue weighted by Gasteiger charge is -2.06. The van der Waals surface area contributed by atoms with Crippen molar-refractivity contribution in [2.45, 2.75) is 13.8 Å². The molecule has 0 heterocycles. The second-order valence-corrected chi connectivity index (χ2v) is 4.87. The van der Waals surface area contributed by atoms with Crippen LogP contribution in [0.25, 0.3) is 0 Å². The molecule has 24 heavy (non-hydrogen) atoms. The van der Waals surface area contributed by atoms with Crippen LogP contribution in [0.4, 0.5) is 5.69 Å². The highest BCUT2D eigenvalue weighted by Gasteiger charge is 2.18. The molecule has 124 valence electrons. The topological polar surface area (TPSA) is 93.8 Å². The first-order valence-electron chi connectivity index (χ1n) is 7.34. The van der Waals surface area contributed by atoms with Crippen molar-refractivity contribution in [2.75, 3.05) is 6.61 Å². The number of rotatable bonds is 6. The van der Waals surface area contributed by atoms with Gasteiger partial charge in [0, 0.05) is 6.07 Å². The van der Waals surface area contributed by atoms with E-state index in [0.29, 0.717) is 12.3 Å². The minimum atomic E-state index is -0.632. The Kier molecular flexibility index (Phi) is 5.62. The van der Waals surface area contributed by atoms with E-state index in [0.717, 1.165) is 11.3 Å². The number of carbonyl (C=O) groups is 1. The fourth-order valence-corrected chi connectivity index (χ4v) is 2.04. The van der Waals surface area contributed by atoms with Gasteiger partial charge in [-0.05, 0) is 49.7 Å². The highest BCUT2D eigenvalue weighted by molar-refractivity contribution is 6.02. The molecular formula is C17H17N3O4. The molecule has 2 aromatic carbocycles. The van der Waals surface area contributed by atoms with Gasteiger partial charge < -0.3 is 4.74 Å². The van der Waals surface area contributed by atoms with Gasteiger partial charge in [-0.25, -0.2) is 5.43 Å². The molecule has 0 aliphatic rings. The number of benzene rings is 2. The van der Waals surface area contributed by atoms with Crippen molar-refractivity contribution in [2.24, 2.45) is 5.10 Å². The Hall–Kier alpha value is -3.22. The van der Waals surface area contributed by atoms with Crippen LogP contribution in [0.15, 0.2) is 53.6 Å². The van der Waals surface area contributed by atoms with Crippen LogP contribution in [0.5, 0.6) is 5.75 Å². The lowest BCUT2D eigenvalue weighted by Crippen LogP contribution is -2.20. The predicted octanol–water partition coefficient (Wildman–Crippen LogP) is 3.15. The molecule has 0 saturated carbocycles. The van der Waals surface area contributed by atoms with Crippen molar-refractivity contribution in [3.8, 4) is 5.75 Å². The summed E-state index contributed by atoms with van der Waals surface area (Å²) in [5.74, 6) is 0.116. The average Bonchev–Trinajstić information content (AvgIpc) is 2.60. The van der Waals surface area contributed by atoms with Gasteiger partial charge in [0.15, 0.2) is 0 Å². The maximum atomic E-state index is 12.1. The number of hydrogen-bond donors (Lipinski definition) is 1. The number of nitrogens with zero attached hydrogens (tertiary/aromatic N) is 2. The van der Waals surface area contributed by atoms with E-state index in [-0.39, 0.29) is 11.3 Å². The van der Waals surface area contributed by atoms with Gasteiger partial charge in [0.05, 0.1) is 17.2 Å². The summed E-state index contributed by atoms with van der Waals surface area (Å²) in [5.41, 5.74) is 3.43. The average molecular weight is 327 g/mol. The zero-order chi connectivity index (χ0) is 17.5. The summed E-state index contributed by atoms with van der Waals surface area (Å²) in [5, 5.41) is 14.9. The minimum absolute atomic E-state index is 0.0363. The SMILES string of the molecule is CCOc1ccc(/C(C)=N/NC(=O)c2ccccc2[N+](=O)[O-])cc1. The summed E-state index contributed by atoms with van der Waals surface area (Å²) in [6.45, 7) is 4.21. The van der Waals surface area contributed by atoms with E-state index in [4.69, 9.17) is 4.74 Å². The minimum Gasteiger partial charge on any atom is -0.494 e. The fraction of sp³-hybridized carbons (Fsp3) is 0.176. The molecule has 0 spiro atoms. The van der Waals surface area contributed by atoms with E-state index in [9.17, 15) is 14.9 Å². The molecule has 1 amide bonds. The van der Waals surface area contributed by atoms with Crippen molar-refractivity contribution in [1.29, 1.82) is 0 Å². The van der Waals surface area contributed by atoms with Crippen molar-refractivity contribution >= 4 is 17.3 Å². The molecule has 0 bridgehead atoms. The molecule has 0 aromatic heterocycles. The number of nitro groups is 1. The Morgan fingerprint density at radius 2 is 1.88 bits per heavy atom. The highest BCUT2D eigenvalue weighted by Crippen LogP contribution is 2.17. The highest BCUT2D eigenvalue weighted by atomic mass is 16.6. The lowest BCUT2D eigenvalue weighted by molar-refractivity contribution is -0.385. The Balaban J connectivity index is 2.12. The number of hydrazone groups is 1. The Bertz CT molecular complexity index is 770. The monoisotopic (exact) mass is 327 g/mol. The van der Waals surface area contributed by atoms with Crippen LogP contribution in [0, 0.1) is 10.1 Å². The van der Waals surface area contributed by atoms with Crippen LogP contribution in [-0.2, 0) is 0 Å². The maximum Gasteiger partial charge on any atom is 0.282 e. The van der Waals surface area contributed by atoms with Crippen LogP contribution in [0.3, 0.4) is 0 Å². The predicted molar refractivity (Wildman–Crippen MR) is 90.4 cm³/mol. The van der Waals surface area contributed by atoms with Crippen LogP contribution < -0.4 is 10.2 Å². The summed E-state index contributed by atoms with van der Waals surface area (Å²) in [6.07, 6.45) is 0. The quantitative estimate of drug-likeness (QED) is 0.501. The molecule has 0 atom stereocenters. The smallest absolute Gasteiger partial charge is 0.282 e. The van der Waals surface area contributed by atoms with E-state index >= 15 is 0 Å². The first-order chi connectivity index (χ1) is 11.5. The number of para-hydroxylation sites is 1. The van der Waals surface area contributed by atoms with E-state index in [1.54, 1.807) is 13.0 Å². The van der Waals surface area contributed by atoms with E-state index in [1.165, 1.54) is 18.2 Å². The standard InChI is InChI=1S/C17H17N3O4/c1-3-24-14-10-8-13(9-11-14)12(2)18-19-17(21)15-6-4-5-7-16(15)20(22)23/h4-11H,3H2,1-2H3,(H,19,21)/b18-12+. The molecule has 0 unspecified atom stereocenters. The van der Waals surface area contributed by atoms with Crippen LogP contribution in [-0.4, -0.2) is 23.1 Å². The van der Waals surface area contributed by atoms with Crippen molar-refractivity contribution in [1.82, 2.24) is 5.43 Å². The molecule has 0 aliphatic heterocycles. The van der Waals surface area contributed by atoms with Gasteiger partial charge in [-0.1, -0.05) is 12.1 Å². The van der Waals surface area contributed by atoms with Crippen molar-refractivity contribution in [3.05, 3.63) is 69.8 Å². The third-order valence-corrected chi connectivity index (χ3v) is 3.25. The summed E-state index contributed by atoms with van der Waals surface area (Å²) < 4.78 is 5.36. The second-order valence-electron chi connectivity index (χ2n) is 4.87. The van der Waals surface area contributed by atoms with Gasteiger partial charge in [-0.3, -0.25) is 14.9 Å². The first kappa shape index (κ1) is 17.1. The number of ether oxygens (including phenoxy) is 1. The molecule has 0 saturated heterocycles. The number of carbonyl (C=O) groups excluding carboxylic acids is 1. The molecule has 0 radical (unpaired) electrons. The maximum absolute atomic E-state index is 12.1. The molecule has 7 heteroatoms. The van der Waals surface area contributed by atoms with Crippen molar-refractivity contribution < 1.29 is 14.5 Å². The Labute approximate surface area is 139 Å². The number of nitrogens with one attached hydrogen (secondary N) is 1. The Morgan fingerprint density at radius 1 is 1.21 bits per heavy atom. The first-order valence-corrected chi connectivity index (χ1v) is 7.34. The summed E-state index contributed by atoms with van der Waals surface area (Å²) in [7, 11) is 0. The number of nitro benzene ring substituents is 1. The zero-order valence-corrected chi connectivity index (χ0v) is 13.4. The summed E-state index contributed by atoms with van der Waals surface area (Å²) in [6, 6.07) is 13.0. The third-order valence-electron chi connectivity index (χ3n) is 3.25. The number of amides is 1. The lowest BCUT2D eigenvalue weighted by atomic mass is 10.1. The molecule has 0 fully saturated rings.